The van der Waals surface area contributed by atoms with Gasteiger partial charge in [-0.25, -0.2) is 8.42 Å². The maximum absolute atomic E-state index is 11.2. The normalized spacial score (nSPS) is 18.8. The number of guanidine groups is 1. The molecular formula is C19H32N4O2S. The summed E-state index contributed by atoms with van der Waals surface area (Å²) in [4.78, 5) is 7.23. The Morgan fingerprint density at radius 1 is 1.27 bits per heavy atom. The first-order valence-corrected chi connectivity index (χ1v) is 11.5. The van der Waals surface area contributed by atoms with Crippen molar-refractivity contribution >= 4 is 15.8 Å². The molecule has 0 radical (unpaired) electrons. The van der Waals surface area contributed by atoms with Crippen molar-refractivity contribution in [3.05, 3.63) is 35.9 Å². The third-order valence-corrected chi connectivity index (χ3v) is 5.55. The number of nitrogens with zero attached hydrogens (tertiary/aromatic N) is 2. The Labute approximate surface area is 158 Å². The summed E-state index contributed by atoms with van der Waals surface area (Å²) >= 11 is 0. The second kappa shape index (κ2) is 10.5. The molecule has 1 aliphatic rings. The molecule has 146 valence electrons. The van der Waals surface area contributed by atoms with E-state index in [1.807, 2.05) is 13.0 Å². The molecule has 1 fully saturated rings. The van der Waals surface area contributed by atoms with Crippen LogP contribution in [0.4, 0.5) is 0 Å². The number of sulfone groups is 1. The van der Waals surface area contributed by atoms with Crippen molar-refractivity contribution in [2.24, 2.45) is 4.99 Å². The van der Waals surface area contributed by atoms with Gasteiger partial charge in [0, 0.05) is 31.9 Å². The van der Waals surface area contributed by atoms with Gasteiger partial charge in [0.2, 0.25) is 0 Å². The van der Waals surface area contributed by atoms with Gasteiger partial charge < -0.3 is 10.6 Å². The van der Waals surface area contributed by atoms with E-state index in [0.717, 1.165) is 32.1 Å². The zero-order valence-electron chi connectivity index (χ0n) is 15.9. The van der Waals surface area contributed by atoms with Gasteiger partial charge in [0.05, 0.1) is 12.3 Å². The summed E-state index contributed by atoms with van der Waals surface area (Å²) in [5.74, 6) is 0.972. The van der Waals surface area contributed by atoms with Crippen LogP contribution in [0.25, 0.3) is 0 Å². The van der Waals surface area contributed by atoms with Crippen molar-refractivity contribution in [1.29, 1.82) is 0 Å². The molecule has 0 amide bonds. The molecule has 1 atom stereocenters. The number of rotatable bonds is 9. The molecule has 1 unspecified atom stereocenters. The molecule has 2 N–H and O–H groups in total. The highest BCUT2D eigenvalue weighted by Gasteiger charge is 2.24. The number of benzene rings is 1. The number of hydrogen-bond acceptors (Lipinski definition) is 4. The number of hydrogen-bond donors (Lipinski definition) is 2. The van der Waals surface area contributed by atoms with Crippen molar-refractivity contribution < 1.29 is 8.42 Å². The SMILES string of the molecule is CCNC(=NCC1CCCN1Cc1ccccc1)NCCCS(C)(=O)=O. The lowest BCUT2D eigenvalue weighted by molar-refractivity contribution is 0.250. The van der Waals surface area contributed by atoms with Crippen molar-refractivity contribution in [3.63, 3.8) is 0 Å². The van der Waals surface area contributed by atoms with Gasteiger partial charge in [0.1, 0.15) is 9.84 Å². The van der Waals surface area contributed by atoms with Crippen LogP contribution in [0.2, 0.25) is 0 Å². The lowest BCUT2D eigenvalue weighted by atomic mass is 10.2. The average molecular weight is 381 g/mol. The van der Waals surface area contributed by atoms with E-state index in [-0.39, 0.29) is 5.75 Å². The van der Waals surface area contributed by atoms with Crippen LogP contribution >= 0.6 is 0 Å². The smallest absolute Gasteiger partial charge is 0.191 e. The Balaban J connectivity index is 1.84. The first-order valence-electron chi connectivity index (χ1n) is 9.46. The van der Waals surface area contributed by atoms with Gasteiger partial charge in [-0.15, -0.1) is 0 Å². The van der Waals surface area contributed by atoms with Crippen LogP contribution in [-0.4, -0.2) is 63.5 Å². The Kier molecular flexibility index (Phi) is 8.38. The fourth-order valence-corrected chi connectivity index (χ4v) is 3.88. The third kappa shape index (κ3) is 7.74. The molecule has 7 heteroatoms. The molecular weight excluding hydrogens is 348 g/mol. The summed E-state index contributed by atoms with van der Waals surface area (Å²) in [6.07, 6.45) is 4.25. The van der Waals surface area contributed by atoms with Gasteiger partial charge in [0.25, 0.3) is 0 Å². The topological polar surface area (TPSA) is 73.8 Å². The molecule has 0 aromatic heterocycles. The molecule has 0 aliphatic carbocycles. The van der Waals surface area contributed by atoms with Crippen LogP contribution in [0, 0.1) is 0 Å². The summed E-state index contributed by atoms with van der Waals surface area (Å²) in [6, 6.07) is 11.0. The number of likely N-dealkylation sites (tertiary alicyclic amines) is 1. The van der Waals surface area contributed by atoms with Gasteiger partial charge in [-0.1, -0.05) is 30.3 Å². The molecule has 2 rings (SSSR count). The van der Waals surface area contributed by atoms with Crippen molar-refractivity contribution in [3.8, 4) is 0 Å². The van der Waals surface area contributed by atoms with E-state index in [1.54, 1.807) is 0 Å². The summed E-state index contributed by atoms with van der Waals surface area (Å²) in [5.41, 5.74) is 1.34. The van der Waals surface area contributed by atoms with E-state index in [2.05, 4.69) is 39.8 Å². The third-order valence-electron chi connectivity index (χ3n) is 4.52. The lowest BCUT2D eigenvalue weighted by Crippen LogP contribution is -2.39. The zero-order chi connectivity index (χ0) is 18.8. The number of aliphatic imine (C=N–C) groups is 1. The van der Waals surface area contributed by atoms with Crippen molar-refractivity contribution in [1.82, 2.24) is 15.5 Å². The van der Waals surface area contributed by atoms with Crippen LogP contribution in [0.3, 0.4) is 0 Å². The van der Waals surface area contributed by atoms with E-state index < -0.39 is 9.84 Å². The Hall–Kier alpha value is -1.60. The zero-order valence-corrected chi connectivity index (χ0v) is 16.8. The Morgan fingerprint density at radius 2 is 2.04 bits per heavy atom. The van der Waals surface area contributed by atoms with Crippen LogP contribution in [0.1, 0.15) is 31.7 Å². The van der Waals surface area contributed by atoms with Crippen molar-refractivity contribution in [2.45, 2.75) is 38.8 Å². The van der Waals surface area contributed by atoms with Crippen LogP contribution < -0.4 is 10.6 Å². The first-order chi connectivity index (χ1) is 12.5. The Bertz CT molecular complexity index is 661. The standard InChI is InChI=1S/C19H32N4O2S/c1-3-20-19(21-12-8-14-26(2,24)25)22-15-18-11-7-13-23(18)16-17-9-5-4-6-10-17/h4-6,9-10,18H,3,7-8,11-16H2,1-2H3,(H2,20,21,22). The largest absolute Gasteiger partial charge is 0.357 e. The lowest BCUT2D eigenvalue weighted by Gasteiger charge is -2.23. The fourth-order valence-electron chi connectivity index (χ4n) is 3.21. The van der Waals surface area contributed by atoms with Crippen LogP contribution in [0.15, 0.2) is 35.3 Å². The van der Waals surface area contributed by atoms with E-state index >= 15 is 0 Å². The van der Waals surface area contributed by atoms with E-state index in [1.165, 1.54) is 24.7 Å². The van der Waals surface area contributed by atoms with Crippen molar-refractivity contribution in [2.75, 3.05) is 38.2 Å². The highest BCUT2D eigenvalue weighted by atomic mass is 32.2. The summed E-state index contributed by atoms with van der Waals surface area (Å²) in [7, 11) is -2.90. The molecule has 0 spiro atoms. The van der Waals surface area contributed by atoms with Gasteiger partial charge >= 0.3 is 0 Å². The van der Waals surface area contributed by atoms with Crippen LogP contribution in [-0.2, 0) is 16.4 Å². The Morgan fingerprint density at radius 3 is 2.73 bits per heavy atom. The molecule has 1 aliphatic heterocycles. The maximum Gasteiger partial charge on any atom is 0.191 e. The predicted octanol–water partition coefficient (Wildman–Crippen LogP) is 1.64. The summed E-state index contributed by atoms with van der Waals surface area (Å²) < 4.78 is 22.4. The van der Waals surface area contributed by atoms with Gasteiger partial charge in [0.15, 0.2) is 5.96 Å². The molecule has 1 aromatic carbocycles. The fraction of sp³-hybridized carbons (Fsp3) is 0.632. The quantitative estimate of drug-likeness (QED) is 0.387. The molecule has 0 bridgehead atoms. The van der Waals surface area contributed by atoms with Gasteiger partial charge in [-0.3, -0.25) is 9.89 Å². The molecule has 0 saturated carbocycles. The monoisotopic (exact) mass is 380 g/mol. The summed E-state index contributed by atoms with van der Waals surface area (Å²) in [5, 5.41) is 6.48. The highest BCUT2D eigenvalue weighted by Crippen LogP contribution is 2.20. The molecule has 26 heavy (non-hydrogen) atoms. The summed E-state index contributed by atoms with van der Waals surface area (Å²) in [6.45, 7) is 6.28. The van der Waals surface area contributed by atoms with E-state index in [9.17, 15) is 8.42 Å². The van der Waals surface area contributed by atoms with Crippen LogP contribution in [0.5, 0.6) is 0 Å². The second-order valence-electron chi connectivity index (χ2n) is 6.88. The van der Waals surface area contributed by atoms with E-state index in [0.29, 0.717) is 19.0 Å². The minimum atomic E-state index is -2.90. The molecule has 1 heterocycles. The van der Waals surface area contributed by atoms with Gasteiger partial charge in [-0.2, -0.15) is 0 Å². The minimum Gasteiger partial charge on any atom is -0.357 e. The molecule has 1 aromatic rings. The average Bonchev–Trinajstić information content (AvgIpc) is 3.03. The first kappa shape index (κ1) is 20.7. The highest BCUT2D eigenvalue weighted by molar-refractivity contribution is 7.90. The predicted molar refractivity (Wildman–Crippen MR) is 108 cm³/mol. The van der Waals surface area contributed by atoms with E-state index in [4.69, 9.17) is 4.99 Å². The molecule has 1 saturated heterocycles. The second-order valence-corrected chi connectivity index (χ2v) is 9.14. The minimum absolute atomic E-state index is 0.201. The number of nitrogens with one attached hydrogen (secondary N) is 2. The molecule has 6 nitrogen and oxygen atoms in total. The maximum atomic E-state index is 11.2. The van der Waals surface area contributed by atoms with Gasteiger partial charge in [-0.05, 0) is 38.3 Å².